The number of aldehydes is 1. The van der Waals surface area contributed by atoms with Gasteiger partial charge in [0.25, 0.3) is 0 Å². The van der Waals surface area contributed by atoms with E-state index < -0.39 is 0 Å². The predicted molar refractivity (Wildman–Crippen MR) is 87.3 cm³/mol. The van der Waals surface area contributed by atoms with E-state index in [-0.39, 0.29) is 23.7 Å². The van der Waals surface area contributed by atoms with Crippen molar-refractivity contribution in [3.8, 4) is 11.5 Å². The fraction of sp³-hybridized carbons (Fsp3) is 0.611. The summed E-state index contributed by atoms with van der Waals surface area (Å²) in [5.41, 5.74) is 0.995. The first-order valence-electron chi connectivity index (χ1n) is 8.10. The molecule has 0 radical (unpaired) electrons. The van der Waals surface area contributed by atoms with Gasteiger partial charge in [-0.2, -0.15) is 0 Å². The first-order valence-corrected chi connectivity index (χ1v) is 8.10. The van der Waals surface area contributed by atoms with Gasteiger partial charge in [0.2, 0.25) is 0 Å². The van der Waals surface area contributed by atoms with E-state index in [9.17, 15) is 4.79 Å². The van der Waals surface area contributed by atoms with Crippen LogP contribution in [0, 0.1) is 0 Å². The summed E-state index contributed by atoms with van der Waals surface area (Å²) in [6.45, 7) is 3.06. The zero-order valence-corrected chi connectivity index (χ0v) is 14.2. The van der Waals surface area contributed by atoms with Crippen molar-refractivity contribution < 1.29 is 19.0 Å². The molecule has 0 spiro atoms. The van der Waals surface area contributed by atoms with Crippen LogP contribution in [0.15, 0.2) is 18.2 Å². The quantitative estimate of drug-likeness (QED) is 0.593. The third-order valence-electron chi connectivity index (χ3n) is 5.46. The van der Waals surface area contributed by atoms with E-state index in [1.165, 1.54) is 5.56 Å². The number of likely N-dealkylation sites (tertiary alicyclic amines) is 1. The van der Waals surface area contributed by atoms with Gasteiger partial charge in [0.05, 0.1) is 26.4 Å². The van der Waals surface area contributed by atoms with Gasteiger partial charge in [0.15, 0.2) is 11.5 Å². The molecule has 1 aromatic carbocycles. The second-order valence-electron chi connectivity index (χ2n) is 6.52. The summed E-state index contributed by atoms with van der Waals surface area (Å²) in [6, 6.07) is 6.23. The highest BCUT2D eigenvalue weighted by molar-refractivity contribution is 5.54. The van der Waals surface area contributed by atoms with Crippen LogP contribution >= 0.6 is 0 Å². The molecule has 23 heavy (non-hydrogen) atoms. The SMILES string of the molecule is COc1ccc([C@]2(C3OC3C)CCN(C)C2CC=O)cc1OC. The number of hydrogen-bond acceptors (Lipinski definition) is 5. The van der Waals surface area contributed by atoms with Gasteiger partial charge in [0, 0.05) is 17.9 Å². The van der Waals surface area contributed by atoms with Gasteiger partial charge < -0.3 is 23.9 Å². The van der Waals surface area contributed by atoms with Gasteiger partial charge in [-0.05, 0) is 44.6 Å². The number of ether oxygens (including phenoxy) is 3. The molecule has 0 bridgehead atoms. The van der Waals surface area contributed by atoms with E-state index in [2.05, 4.69) is 24.9 Å². The summed E-state index contributed by atoms with van der Waals surface area (Å²) in [5.74, 6) is 1.44. The van der Waals surface area contributed by atoms with Gasteiger partial charge in [0.1, 0.15) is 6.29 Å². The Bertz CT molecular complexity index is 590. The van der Waals surface area contributed by atoms with Crippen molar-refractivity contribution in [3.05, 3.63) is 23.8 Å². The second kappa shape index (κ2) is 6.13. The summed E-state index contributed by atoms with van der Waals surface area (Å²) in [4.78, 5) is 13.5. The van der Waals surface area contributed by atoms with Crippen LogP contribution in [-0.2, 0) is 14.9 Å². The maximum absolute atomic E-state index is 11.3. The number of methoxy groups -OCH3 is 2. The minimum absolute atomic E-state index is 0.146. The minimum atomic E-state index is -0.172. The van der Waals surface area contributed by atoms with Gasteiger partial charge in [-0.25, -0.2) is 0 Å². The highest BCUT2D eigenvalue weighted by Crippen LogP contribution is 2.52. The first-order chi connectivity index (χ1) is 11.1. The molecule has 0 aliphatic carbocycles. The fourth-order valence-corrected chi connectivity index (χ4v) is 4.24. The number of carbonyl (C=O) groups is 1. The average molecular weight is 319 g/mol. The van der Waals surface area contributed by atoms with Crippen LogP contribution in [-0.4, -0.2) is 57.2 Å². The Kier molecular flexibility index (Phi) is 4.34. The lowest BCUT2D eigenvalue weighted by Crippen LogP contribution is -2.46. The van der Waals surface area contributed by atoms with E-state index in [4.69, 9.17) is 14.2 Å². The van der Waals surface area contributed by atoms with E-state index in [0.717, 1.165) is 30.8 Å². The largest absolute Gasteiger partial charge is 0.493 e. The van der Waals surface area contributed by atoms with Gasteiger partial charge >= 0.3 is 0 Å². The molecule has 0 N–H and O–H groups in total. The molecule has 5 nitrogen and oxygen atoms in total. The summed E-state index contributed by atoms with van der Waals surface area (Å²) >= 11 is 0. The van der Waals surface area contributed by atoms with Crippen molar-refractivity contribution in [1.82, 2.24) is 4.90 Å². The summed E-state index contributed by atoms with van der Waals surface area (Å²) in [7, 11) is 5.37. The molecule has 0 aromatic heterocycles. The molecule has 1 aromatic rings. The minimum Gasteiger partial charge on any atom is -0.493 e. The van der Waals surface area contributed by atoms with E-state index in [1.807, 2.05) is 12.1 Å². The number of hydrogen-bond donors (Lipinski definition) is 0. The average Bonchev–Trinajstić information content (AvgIpc) is 3.21. The van der Waals surface area contributed by atoms with Crippen LogP contribution in [0.1, 0.15) is 25.3 Å². The zero-order chi connectivity index (χ0) is 16.6. The van der Waals surface area contributed by atoms with E-state index >= 15 is 0 Å². The molecular formula is C18H25NO4. The summed E-state index contributed by atoms with van der Waals surface area (Å²) in [6.07, 6.45) is 2.89. The van der Waals surface area contributed by atoms with Crippen molar-refractivity contribution >= 4 is 6.29 Å². The fourth-order valence-electron chi connectivity index (χ4n) is 4.24. The Balaban J connectivity index is 2.08. The summed E-state index contributed by atoms with van der Waals surface area (Å²) < 4.78 is 16.7. The molecule has 2 fully saturated rings. The van der Waals surface area contributed by atoms with Crippen molar-refractivity contribution in [1.29, 1.82) is 0 Å². The van der Waals surface area contributed by atoms with Crippen LogP contribution in [0.5, 0.6) is 11.5 Å². The van der Waals surface area contributed by atoms with Crippen LogP contribution in [0.25, 0.3) is 0 Å². The van der Waals surface area contributed by atoms with Crippen molar-refractivity contribution in [2.45, 2.75) is 43.4 Å². The first kappa shape index (κ1) is 16.3. The van der Waals surface area contributed by atoms with Crippen LogP contribution in [0.4, 0.5) is 0 Å². The number of epoxide rings is 1. The monoisotopic (exact) mass is 319 g/mol. The number of benzene rings is 1. The van der Waals surface area contributed by atoms with Crippen molar-refractivity contribution in [3.63, 3.8) is 0 Å². The lowest BCUT2D eigenvalue weighted by Gasteiger charge is -2.36. The van der Waals surface area contributed by atoms with Crippen LogP contribution in [0.2, 0.25) is 0 Å². The normalized spacial score (nSPS) is 33.5. The third kappa shape index (κ3) is 2.52. The van der Waals surface area contributed by atoms with Gasteiger partial charge in [-0.15, -0.1) is 0 Å². The lowest BCUT2D eigenvalue weighted by atomic mass is 9.69. The molecule has 0 amide bonds. The Morgan fingerprint density at radius 1 is 1.35 bits per heavy atom. The Hall–Kier alpha value is -1.59. The predicted octanol–water partition coefficient (Wildman–Crippen LogP) is 2.02. The molecule has 2 saturated heterocycles. The second-order valence-corrected chi connectivity index (χ2v) is 6.52. The molecule has 2 aliphatic heterocycles. The molecule has 2 aliphatic rings. The summed E-state index contributed by atoms with van der Waals surface area (Å²) in [5, 5.41) is 0. The van der Waals surface area contributed by atoms with E-state index in [1.54, 1.807) is 14.2 Å². The van der Waals surface area contributed by atoms with Crippen LogP contribution < -0.4 is 9.47 Å². The van der Waals surface area contributed by atoms with Crippen molar-refractivity contribution in [2.24, 2.45) is 0 Å². The molecular weight excluding hydrogens is 294 g/mol. The highest BCUT2D eigenvalue weighted by atomic mass is 16.6. The zero-order valence-electron chi connectivity index (χ0n) is 14.2. The number of rotatable bonds is 6. The Morgan fingerprint density at radius 2 is 2.04 bits per heavy atom. The highest BCUT2D eigenvalue weighted by Gasteiger charge is 2.60. The molecule has 0 saturated carbocycles. The number of likely N-dealkylation sites (N-methyl/N-ethyl adjacent to an activating group) is 1. The molecule has 3 rings (SSSR count). The lowest BCUT2D eigenvalue weighted by molar-refractivity contribution is -0.109. The van der Waals surface area contributed by atoms with E-state index in [0.29, 0.717) is 6.42 Å². The number of nitrogens with zero attached hydrogens (tertiary/aromatic N) is 1. The molecule has 126 valence electrons. The standard InChI is InChI=1S/C18H25NO4/c1-12-17(23-12)18(8-9-19(2)16(18)7-10-20)13-5-6-14(21-3)15(11-13)22-4/h5-6,10-12,16-17H,7-9H2,1-4H3/t12?,16?,17?,18-/m1/s1. The smallest absolute Gasteiger partial charge is 0.161 e. The van der Waals surface area contributed by atoms with Crippen molar-refractivity contribution in [2.75, 3.05) is 27.8 Å². The van der Waals surface area contributed by atoms with Gasteiger partial charge in [-0.1, -0.05) is 6.07 Å². The number of carbonyl (C=O) groups excluding carboxylic acids is 1. The van der Waals surface area contributed by atoms with Crippen LogP contribution in [0.3, 0.4) is 0 Å². The Morgan fingerprint density at radius 3 is 2.61 bits per heavy atom. The maximum Gasteiger partial charge on any atom is 0.161 e. The maximum atomic E-state index is 11.3. The van der Waals surface area contributed by atoms with Gasteiger partial charge in [-0.3, -0.25) is 0 Å². The molecule has 4 atom stereocenters. The Labute approximate surface area is 137 Å². The molecule has 3 unspecified atom stereocenters. The molecule has 2 heterocycles. The molecule has 5 heteroatoms. The topological polar surface area (TPSA) is 51.3 Å². The third-order valence-corrected chi connectivity index (χ3v) is 5.46.